The predicted molar refractivity (Wildman–Crippen MR) is 108 cm³/mol. The third kappa shape index (κ3) is 5.01. The lowest BCUT2D eigenvalue weighted by molar-refractivity contribution is 0.287. The standard InChI is InChI=1S/C21H22ClNO2S/c1-15-5-7-16(8-6-15)12-23-13-17-10-19(22)21(20(11-17)24-2)25-14-18-4-3-9-26-18/h3-11,23H,12-14H2,1-2H3. The average molecular weight is 388 g/mol. The van der Waals surface area contributed by atoms with Gasteiger partial charge in [-0.25, -0.2) is 0 Å². The van der Waals surface area contributed by atoms with E-state index in [0.29, 0.717) is 29.7 Å². The van der Waals surface area contributed by atoms with Crippen molar-refractivity contribution in [2.24, 2.45) is 0 Å². The van der Waals surface area contributed by atoms with Crippen molar-refractivity contribution in [1.82, 2.24) is 5.32 Å². The maximum absolute atomic E-state index is 6.44. The number of hydrogen-bond acceptors (Lipinski definition) is 4. The van der Waals surface area contributed by atoms with Crippen molar-refractivity contribution in [2.75, 3.05) is 7.11 Å². The molecule has 0 bridgehead atoms. The Labute approximate surface area is 163 Å². The molecule has 1 heterocycles. The molecule has 0 atom stereocenters. The summed E-state index contributed by atoms with van der Waals surface area (Å²) in [6.45, 7) is 4.08. The lowest BCUT2D eigenvalue weighted by atomic mass is 10.1. The third-order valence-electron chi connectivity index (χ3n) is 4.01. The Morgan fingerprint density at radius 1 is 1.04 bits per heavy atom. The fourth-order valence-electron chi connectivity index (χ4n) is 2.61. The van der Waals surface area contributed by atoms with Crippen LogP contribution in [0.2, 0.25) is 5.02 Å². The first-order valence-electron chi connectivity index (χ1n) is 8.43. The maximum atomic E-state index is 6.44. The number of methoxy groups -OCH3 is 1. The van der Waals surface area contributed by atoms with E-state index in [2.05, 4.69) is 36.5 Å². The van der Waals surface area contributed by atoms with Crippen LogP contribution in [-0.4, -0.2) is 7.11 Å². The van der Waals surface area contributed by atoms with Crippen molar-refractivity contribution in [3.05, 3.63) is 80.5 Å². The number of hydrogen-bond donors (Lipinski definition) is 1. The smallest absolute Gasteiger partial charge is 0.180 e. The van der Waals surface area contributed by atoms with Gasteiger partial charge in [0.1, 0.15) is 6.61 Å². The summed E-state index contributed by atoms with van der Waals surface area (Å²) in [5, 5.41) is 6.03. The van der Waals surface area contributed by atoms with Gasteiger partial charge in [-0.3, -0.25) is 0 Å². The molecule has 26 heavy (non-hydrogen) atoms. The normalized spacial score (nSPS) is 10.7. The highest BCUT2D eigenvalue weighted by atomic mass is 35.5. The van der Waals surface area contributed by atoms with Gasteiger partial charge in [0.2, 0.25) is 0 Å². The van der Waals surface area contributed by atoms with E-state index in [9.17, 15) is 0 Å². The van der Waals surface area contributed by atoms with Gasteiger partial charge in [0, 0.05) is 18.0 Å². The van der Waals surface area contributed by atoms with Crippen LogP contribution in [0.1, 0.15) is 21.6 Å². The number of aryl methyl sites for hydroxylation is 1. The highest BCUT2D eigenvalue weighted by Crippen LogP contribution is 2.37. The fourth-order valence-corrected chi connectivity index (χ4v) is 3.51. The fraction of sp³-hybridized carbons (Fsp3) is 0.238. The van der Waals surface area contributed by atoms with Gasteiger partial charge in [-0.1, -0.05) is 47.5 Å². The van der Waals surface area contributed by atoms with Crippen molar-refractivity contribution in [2.45, 2.75) is 26.6 Å². The number of halogens is 1. The van der Waals surface area contributed by atoms with Crippen LogP contribution >= 0.6 is 22.9 Å². The Kier molecular flexibility index (Phi) is 6.56. The van der Waals surface area contributed by atoms with Crippen LogP contribution in [-0.2, 0) is 19.7 Å². The molecule has 3 aromatic rings. The molecule has 0 saturated carbocycles. The minimum atomic E-state index is 0.485. The highest BCUT2D eigenvalue weighted by Gasteiger charge is 2.12. The van der Waals surface area contributed by atoms with E-state index in [-0.39, 0.29) is 0 Å². The molecule has 0 aliphatic rings. The van der Waals surface area contributed by atoms with E-state index in [1.165, 1.54) is 11.1 Å². The first-order valence-corrected chi connectivity index (χ1v) is 9.69. The molecule has 0 spiro atoms. The summed E-state index contributed by atoms with van der Waals surface area (Å²) in [5.74, 6) is 1.24. The molecule has 0 aliphatic carbocycles. The highest BCUT2D eigenvalue weighted by molar-refractivity contribution is 7.09. The SMILES string of the molecule is COc1cc(CNCc2ccc(C)cc2)cc(Cl)c1OCc1cccs1. The van der Waals surface area contributed by atoms with Gasteiger partial charge in [-0.2, -0.15) is 0 Å². The van der Waals surface area contributed by atoms with Gasteiger partial charge in [-0.05, 0) is 41.6 Å². The Bertz CT molecular complexity index is 832. The molecule has 3 rings (SSSR count). The molecule has 0 amide bonds. The Balaban J connectivity index is 1.62. The van der Waals surface area contributed by atoms with Crippen LogP contribution < -0.4 is 14.8 Å². The van der Waals surface area contributed by atoms with Crippen LogP contribution in [0.4, 0.5) is 0 Å². The molecular weight excluding hydrogens is 366 g/mol. The second-order valence-electron chi connectivity index (χ2n) is 6.07. The number of benzene rings is 2. The molecule has 3 nitrogen and oxygen atoms in total. The monoisotopic (exact) mass is 387 g/mol. The van der Waals surface area contributed by atoms with Gasteiger partial charge in [0.05, 0.1) is 12.1 Å². The van der Waals surface area contributed by atoms with Crippen molar-refractivity contribution >= 4 is 22.9 Å². The largest absolute Gasteiger partial charge is 0.493 e. The second kappa shape index (κ2) is 9.08. The zero-order valence-corrected chi connectivity index (χ0v) is 16.5. The average Bonchev–Trinajstić information content (AvgIpc) is 3.15. The zero-order chi connectivity index (χ0) is 18.4. The number of ether oxygens (including phenoxy) is 2. The Morgan fingerprint density at radius 3 is 2.50 bits per heavy atom. The quantitative estimate of drug-likeness (QED) is 0.546. The molecule has 5 heteroatoms. The molecule has 0 fully saturated rings. The van der Waals surface area contributed by atoms with Crippen LogP contribution in [0, 0.1) is 6.92 Å². The topological polar surface area (TPSA) is 30.5 Å². The lowest BCUT2D eigenvalue weighted by Crippen LogP contribution is -2.13. The van der Waals surface area contributed by atoms with Crippen LogP contribution in [0.15, 0.2) is 53.9 Å². The molecule has 0 aliphatic heterocycles. The Morgan fingerprint density at radius 2 is 1.81 bits per heavy atom. The summed E-state index contributed by atoms with van der Waals surface area (Å²) in [6.07, 6.45) is 0. The van der Waals surface area contributed by atoms with Gasteiger partial charge in [0.15, 0.2) is 11.5 Å². The number of rotatable bonds is 8. The molecular formula is C21H22ClNO2S. The zero-order valence-electron chi connectivity index (χ0n) is 14.9. The van der Waals surface area contributed by atoms with E-state index in [1.54, 1.807) is 18.4 Å². The number of thiophene rings is 1. The predicted octanol–water partition coefficient (Wildman–Crippen LogP) is 5.59. The van der Waals surface area contributed by atoms with Crippen molar-refractivity contribution in [3.63, 3.8) is 0 Å². The molecule has 2 aromatic carbocycles. The molecule has 1 aromatic heterocycles. The lowest BCUT2D eigenvalue weighted by Gasteiger charge is -2.14. The minimum Gasteiger partial charge on any atom is -0.493 e. The van der Waals surface area contributed by atoms with Crippen LogP contribution in [0.3, 0.4) is 0 Å². The van der Waals surface area contributed by atoms with E-state index >= 15 is 0 Å². The molecule has 1 N–H and O–H groups in total. The van der Waals surface area contributed by atoms with Gasteiger partial charge < -0.3 is 14.8 Å². The Hall–Kier alpha value is -2.01. The summed E-state index contributed by atoms with van der Waals surface area (Å²) in [5.41, 5.74) is 3.58. The van der Waals surface area contributed by atoms with E-state index in [1.807, 2.05) is 29.6 Å². The minimum absolute atomic E-state index is 0.485. The van der Waals surface area contributed by atoms with Crippen molar-refractivity contribution in [3.8, 4) is 11.5 Å². The molecule has 0 saturated heterocycles. The summed E-state index contributed by atoms with van der Waals surface area (Å²) in [7, 11) is 1.63. The van der Waals surface area contributed by atoms with Crippen LogP contribution in [0.5, 0.6) is 11.5 Å². The second-order valence-corrected chi connectivity index (χ2v) is 7.51. The van der Waals surface area contributed by atoms with E-state index in [0.717, 1.165) is 17.0 Å². The first-order chi connectivity index (χ1) is 12.7. The third-order valence-corrected chi connectivity index (χ3v) is 5.14. The van der Waals surface area contributed by atoms with Crippen molar-refractivity contribution in [1.29, 1.82) is 0 Å². The molecule has 0 radical (unpaired) electrons. The number of nitrogens with one attached hydrogen (secondary N) is 1. The molecule has 0 unspecified atom stereocenters. The maximum Gasteiger partial charge on any atom is 0.180 e. The van der Waals surface area contributed by atoms with E-state index < -0.39 is 0 Å². The van der Waals surface area contributed by atoms with Gasteiger partial charge in [0.25, 0.3) is 0 Å². The van der Waals surface area contributed by atoms with Crippen LogP contribution in [0.25, 0.3) is 0 Å². The summed E-state index contributed by atoms with van der Waals surface area (Å²) in [4.78, 5) is 1.15. The molecule has 136 valence electrons. The van der Waals surface area contributed by atoms with Crippen molar-refractivity contribution < 1.29 is 9.47 Å². The summed E-state index contributed by atoms with van der Waals surface area (Å²) >= 11 is 8.09. The van der Waals surface area contributed by atoms with Gasteiger partial charge in [-0.15, -0.1) is 11.3 Å². The summed E-state index contributed by atoms with van der Waals surface area (Å²) in [6, 6.07) is 16.5. The van der Waals surface area contributed by atoms with Gasteiger partial charge >= 0.3 is 0 Å². The van der Waals surface area contributed by atoms with E-state index in [4.69, 9.17) is 21.1 Å². The first kappa shape index (κ1) is 18.8. The summed E-state index contributed by atoms with van der Waals surface area (Å²) < 4.78 is 11.4.